The van der Waals surface area contributed by atoms with Crippen molar-refractivity contribution in [3.8, 4) is 0 Å². The van der Waals surface area contributed by atoms with Gasteiger partial charge in [-0.25, -0.2) is 0 Å². The monoisotopic (exact) mass is 293 g/mol. The summed E-state index contributed by atoms with van der Waals surface area (Å²) >= 11 is 1.99. The molecule has 0 spiro atoms. The standard InChI is InChI=1S/C15H23N3OS/c1-10-4-5-13(6-14(10)16)17-15(19)9-18-7-11(2)20-12(3)8-18/h4-6,11-12H,7-9,16H2,1-3H3,(H,17,19). The van der Waals surface area contributed by atoms with Crippen LogP contribution in [-0.2, 0) is 4.79 Å². The molecule has 1 heterocycles. The number of benzene rings is 1. The van der Waals surface area contributed by atoms with E-state index in [1.165, 1.54) is 0 Å². The zero-order valence-electron chi connectivity index (χ0n) is 12.3. The van der Waals surface area contributed by atoms with Gasteiger partial charge < -0.3 is 11.1 Å². The summed E-state index contributed by atoms with van der Waals surface area (Å²) in [5.41, 5.74) is 8.36. The lowest BCUT2D eigenvalue weighted by Crippen LogP contribution is -2.44. The zero-order valence-corrected chi connectivity index (χ0v) is 13.2. The molecule has 0 saturated carbocycles. The number of anilines is 2. The summed E-state index contributed by atoms with van der Waals surface area (Å²) in [4.78, 5) is 14.3. The molecule has 1 aromatic carbocycles. The predicted octanol–water partition coefficient (Wildman–Crippen LogP) is 2.34. The highest BCUT2D eigenvalue weighted by atomic mass is 32.2. The number of nitrogens with two attached hydrogens (primary N) is 1. The van der Waals surface area contributed by atoms with Crippen molar-refractivity contribution >= 4 is 29.0 Å². The largest absolute Gasteiger partial charge is 0.398 e. The van der Waals surface area contributed by atoms with Gasteiger partial charge in [-0.1, -0.05) is 19.9 Å². The van der Waals surface area contributed by atoms with E-state index in [1.807, 2.05) is 36.9 Å². The van der Waals surface area contributed by atoms with E-state index in [0.29, 0.717) is 22.7 Å². The normalized spacial score (nSPS) is 23.6. The van der Waals surface area contributed by atoms with E-state index < -0.39 is 0 Å². The van der Waals surface area contributed by atoms with Gasteiger partial charge >= 0.3 is 0 Å². The first-order valence-electron chi connectivity index (χ1n) is 6.98. The molecule has 1 aromatic rings. The number of hydrogen-bond donors (Lipinski definition) is 2. The van der Waals surface area contributed by atoms with Gasteiger partial charge in [0.25, 0.3) is 0 Å². The lowest BCUT2D eigenvalue weighted by molar-refractivity contribution is -0.117. The van der Waals surface area contributed by atoms with Gasteiger partial charge in [-0.05, 0) is 24.6 Å². The lowest BCUT2D eigenvalue weighted by Gasteiger charge is -2.33. The van der Waals surface area contributed by atoms with Gasteiger partial charge in [-0.3, -0.25) is 9.69 Å². The Labute approximate surface area is 125 Å². The van der Waals surface area contributed by atoms with Crippen molar-refractivity contribution in [2.24, 2.45) is 0 Å². The summed E-state index contributed by atoms with van der Waals surface area (Å²) in [5, 5.41) is 4.09. The summed E-state index contributed by atoms with van der Waals surface area (Å²) in [7, 11) is 0. The number of rotatable bonds is 3. The van der Waals surface area contributed by atoms with Crippen molar-refractivity contribution in [2.45, 2.75) is 31.3 Å². The second-order valence-electron chi connectivity index (χ2n) is 5.57. The van der Waals surface area contributed by atoms with Crippen molar-refractivity contribution in [2.75, 3.05) is 30.7 Å². The number of carbonyl (C=O) groups excluding carboxylic acids is 1. The maximum atomic E-state index is 12.1. The summed E-state index contributed by atoms with van der Waals surface area (Å²) in [6.07, 6.45) is 0. The summed E-state index contributed by atoms with van der Waals surface area (Å²) in [5.74, 6) is 0.0274. The van der Waals surface area contributed by atoms with Crippen molar-refractivity contribution in [3.05, 3.63) is 23.8 Å². The predicted molar refractivity (Wildman–Crippen MR) is 87.2 cm³/mol. The number of nitrogens with zero attached hydrogens (tertiary/aromatic N) is 1. The van der Waals surface area contributed by atoms with Crippen LogP contribution in [0, 0.1) is 6.92 Å². The molecule has 0 bridgehead atoms. The molecule has 2 rings (SSSR count). The number of thioether (sulfide) groups is 1. The molecule has 0 aliphatic carbocycles. The Morgan fingerprint density at radius 2 is 2.05 bits per heavy atom. The number of carbonyl (C=O) groups is 1. The molecule has 1 aliphatic rings. The second kappa shape index (κ2) is 6.50. The number of hydrogen-bond acceptors (Lipinski definition) is 4. The maximum absolute atomic E-state index is 12.1. The van der Waals surface area contributed by atoms with E-state index in [2.05, 4.69) is 24.1 Å². The van der Waals surface area contributed by atoms with E-state index in [4.69, 9.17) is 5.73 Å². The second-order valence-corrected chi connectivity index (χ2v) is 7.45. The molecule has 1 fully saturated rings. The van der Waals surface area contributed by atoms with Gasteiger partial charge in [0, 0.05) is 35.0 Å². The fourth-order valence-electron chi connectivity index (χ4n) is 2.54. The molecule has 5 heteroatoms. The highest BCUT2D eigenvalue weighted by Gasteiger charge is 2.23. The van der Waals surface area contributed by atoms with E-state index in [1.54, 1.807) is 0 Å². The van der Waals surface area contributed by atoms with Gasteiger partial charge in [-0.15, -0.1) is 0 Å². The highest BCUT2D eigenvalue weighted by Crippen LogP contribution is 2.24. The molecule has 4 nitrogen and oxygen atoms in total. The average Bonchev–Trinajstić information content (AvgIpc) is 2.32. The van der Waals surface area contributed by atoms with Crippen LogP contribution < -0.4 is 11.1 Å². The van der Waals surface area contributed by atoms with Crippen LogP contribution in [0.3, 0.4) is 0 Å². The minimum absolute atomic E-state index is 0.0274. The molecule has 3 N–H and O–H groups in total. The van der Waals surface area contributed by atoms with Gasteiger partial charge in [-0.2, -0.15) is 11.8 Å². The first-order chi connectivity index (χ1) is 9.44. The molecule has 20 heavy (non-hydrogen) atoms. The van der Waals surface area contributed by atoms with Crippen LogP contribution in [0.5, 0.6) is 0 Å². The van der Waals surface area contributed by atoms with E-state index >= 15 is 0 Å². The SMILES string of the molecule is Cc1ccc(NC(=O)CN2CC(C)SC(C)C2)cc1N. The summed E-state index contributed by atoms with van der Waals surface area (Å²) < 4.78 is 0. The van der Waals surface area contributed by atoms with Crippen LogP contribution in [-0.4, -0.2) is 40.9 Å². The van der Waals surface area contributed by atoms with Crippen molar-refractivity contribution in [3.63, 3.8) is 0 Å². The molecular formula is C15H23N3OS. The summed E-state index contributed by atoms with van der Waals surface area (Å²) in [6, 6.07) is 5.62. The molecule has 0 aromatic heterocycles. The number of nitrogen functional groups attached to an aromatic ring is 1. The number of amides is 1. The Balaban J connectivity index is 1.90. The zero-order chi connectivity index (χ0) is 14.7. The third kappa shape index (κ3) is 4.15. The third-order valence-corrected chi connectivity index (χ3v) is 4.65. The minimum atomic E-state index is 0.0274. The van der Waals surface area contributed by atoms with Crippen molar-refractivity contribution < 1.29 is 4.79 Å². The van der Waals surface area contributed by atoms with Gasteiger partial charge in [0.2, 0.25) is 5.91 Å². The maximum Gasteiger partial charge on any atom is 0.238 e. The lowest BCUT2D eigenvalue weighted by atomic mass is 10.2. The quantitative estimate of drug-likeness (QED) is 0.840. The van der Waals surface area contributed by atoms with Crippen LogP contribution in [0.25, 0.3) is 0 Å². The van der Waals surface area contributed by atoms with Gasteiger partial charge in [0.05, 0.1) is 6.54 Å². The van der Waals surface area contributed by atoms with E-state index in [0.717, 1.165) is 24.3 Å². The summed E-state index contributed by atoms with van der Waals surface area (Å²) in [6.45, 7) is 8.77. The minimum Gasteiger partial charge on any atom is -0.398 e. The molecule has 0 radical (unpaired) electrons. The first kappa shape index (κ1) is 15.2. The molecule has 1 aliphatic heterocycles. The van der Waals surface area contributed by atoms with Gasteiger partial charge in [0.1, 0.15) is 0 Å². The van der Waals surface area contributed by atoms with E-state index in [-0.39, 0.29) is 5.91 Å². The Bertz CT molecular complexity index is 482. The van der Waals surface area contributed by atoms with Crippen LogP contribution in [0.4, 0.5) is 11.4 Å². The molecule has 2 atom stereocenters. The highest BCUT2D eigenvalue weighted by molar-refractivity contribution is 8.00. The third-order valence-electron chi connectivity index (χ3n) is 3.43. The number of aryl methyl sites for hydroxylation is 1. The van der Waals surface area contributed by atoms with Crippen LogP contribution >= 0.6 is 11.8 Å². The fraction of sp³-hybridized carbons (Fsp3) is 0.533. The molecule has 1 amide bonds. The van der Waals surface area contributed by atoms with Crippen LogP contribution in [0.15, 0.2) is 18.2 Å². The topological polar surface area (TPSA) is 58.4 Å². The Kier molecular flexibility index (Phi) is 4.94. The van der Waals surface area contributed by atoms with Crippen molar-refractivity contribution in [1.29, 1.82) is 0 Å². The van der Waals surface area contributed by atoms with Crippen molar-refractivity contribution in [1.82, 2.24) is 4.90 Å². The average molecular weight is 293 g/mol. The fourth-order valence-corrected chi connectivity index (χ4v) is 3.92. The molecular weight excluding hydrogens is 270 g/mol. The van der Waals surface area contributed by atoms with Gasteiger partial charge in [0.15, 0.2) is 0 Å². The molecule has 110 valence electrons. The van der Waals surface area contributed by atoms with E-state index in [9.17, 15) is 4.79 Å². The Morgan fingerprint density at radius 3 is 2.65 bits per heavy atom. The molecule has 2 unspecified atom stereocenters. The number of nitrogens with one attached hydrogen (secondary N) is 1. The smallest absolute Gasteiger partial charge is 0.238 e. The molecule has 1 saturated heterocycles. The Hall–Kier alpha value is -1.20. The first-order valence-corrected chi connectivity index (χ1v) is 7.92. The van der Waals surface area contributed by atoms with Crippen LogP contribution in [0.1, 0.15) is 19.4 Å². The van der Waals surface area contributed by atoms with Crippen LogP contribution in [0.2, 0.25) is 0 Å². The Morgan fingerprint density at radius 1 is 1.40 bits per heavy atom.